The maximum atomic E-state index is 11.7. The predicted molar refractivity (Wildman–Crippen MR) is 54.9 cm³/mol. The summed E-state index contributed by atoms with van der Waals surface area (Å²) < 4.78 is 0. The number of hydrogen-bond acceptors (Lipinski definition) is 3. The average molecular weight is 193 g/mol. The van der Waals surface area contributed by atoms with E-state index in [2.05, 4.69) is 4.98 Å². The lowest BCUT2D eigenvalue weighted by Gasteiger charge is -2.15. The lowest BCUT2D eigenvalue weighted by Crippen LogP contribution is -2.29. The van der Waals surface area contributed by atoms with Gasteiger partial charge in [0, 0.05) is 19.8 Å². The van der Waals surface area contributed by atoms with Gasteiger partial charge < -0.3 is 10.6 Å². The van der Waals surface area contributed by atoms with Crippen molar-refractivity contribution < 1.29 is 4.79 Å². The van der Waals surface area contributed by atoms with Gasteiger partial charge >= 0.3 is 0 Å². The molecule has 0 radical (unpaired) electrons. The number of pyridine rings is 1. The third kappa shape index (κ3) is 2.81. The molecule has 0 aromatic carbocycles. The van der Waals surface area contributed by atoms with Crippen LogP contribution in [0.15, 0.2) is 24.4 Å². The highest BCUT2D eigenvalue weighted by molar-refractivity contribution is 5.91. The molecule has 14 heavy (non-hydrogen) atoms. The second-order valence-corrected chi connectivity index (χ2v) is 3.08. The molecule has 0 bridgehead atoms. The first-order valence-corrected chi connectivity index (χ1v) is 4.62. The molecule has 0 saturated carbocycles. The van der Waals surface area contributed by atoms with Gasteiger partial charge in [0.1, 0.15) is 5.69 Å². The lowest BCUT2D eigenvalue weighted by molar-refractivity contribution is 0.0788. The van der Waals surface area contributed by atoms with E-state index in [0.717, 1.165) is 6.42 Å². The van der Waals surface area contributed by atoms with Crippen molar-refractivity contribution in [3.8, 4) is 0 Å². The highest BCUT2D eigenvalue weighted by Crippen LogP contribution is 1.99. The molecular weight excluding hydrogens is 178 g/mol. The first-order chi connectivity index (χ1) is 6.75. The minimum Gasteiger partial charge on any atom is -0.340 e. The van der Waals surface area contributed by atoms with E-state index in [4.69, 9.17) is 5.73 Å². The molecule has 0 unspecified atom stereocenters. The smallest absolute Gasteiger partial charge is 0.272 e. The molecule has 0 aliphatic carbocycles. The molecule has 2 N–H and O–H groups in total. The minimum absolute atomic E-state index is 0.0564. The number of rotatable bonds is 4. The monoisotopic (exact) mass is 193 g/mol. The molecule has 0 fully saturated rings. The molecule has 1 rings (SSSR count). The number of hydrogen-bond donors (Lipinski definition) is 1. The van der Waals surface area contributed by atoms with Crippen LogP contribution >= 0.6 is 0 Å². The molecule has 0 atom stereocenters. The van der Waals surface area contributed by atoms with Crippen molar-refractivity contribution in [2.45, 2.75) is 6.42 Å². The van der Waals surface area contributed by atoms with E-state index in [1.54, 1.807) is 36.3 Å². The number of carbonyl (C=O) groups is 1. The Morgan fingerprint density at radius 3 is 2.93 bits per heavy atom. The summed E-state index contributed by atoms with van der Waals surface area (Å²) in [5.41, 5.74) is 5.84. The molecule has 0 aliphatic heterocycles. The van der Waals surface area contributed by atoms with Crippen molar-refractivity contribution in [2.75, 3.05) is 20.1 Å². The zero-order valence-corrected chi connectivity index (χ0v) is 8.31. The van der Waals surface area contributed by atoms with E-state index in [1.807, 2.05) is 0 Å². The van der Waals surface area contributed by atoms with Crippen LogP contribution in [0.1, 0.15) is 16.9 Å². The predicted octanol–water partition coefficient (Wildman–Crippen LogP) is 0.502. The number of nitrogens with two attached hydrogens (primary N) is 1. The van der Waals surface area contributed by atoms with Crippen molar-refractivity contribution >= 4 is 5.91 Å². The summed E-state index contributed by atoms with van der Waals surface area (Å²) in [4.78, 5) is 17.3. The quantitative estimate of drug-likeness (QED) is 0.757. The Morgan fingerprint density at radius 1 is 1.57 bits per heavy atom. The SMILES string of the molecule is CN(CCCN)C(=O)c1ccccn1. The summed E-state index contributed by atoms with van der Waals surface area (Å²) in [5, 5.41) is 0. The van der Waals surface area contributed by atoms with E-state index >= 15 is 0 Å². The van der Waals surface area contributed by atoms with Crippen LogP contribution in [0.3, 0.4) is 0 Å². The largest absolute Gasteiger partial charge is 0.340 e. The Morgan fingerprint density at radius 2 is 2.36 bits per heavy atom. The Kier molecular flexibility index (Phi) is 4.07. The maximum Gasteiger partial charge on any atom is 0.272 e. The van der Waals surface area contributed by atoms with Gasteiger partial charge in [-0.1, -0.05) is 6.07 Å². The topological polar surface area (TPSA) is 59.2 Å². The first kappa shape index (κ1) is 10.7. The van der Waals surface area contributed by atoms with Crippen LogP contribution in [0.5, 0.6) is 0 Å². The van der Waals surface area contributed by atoms with Crippen molar-refractivity contribution in [2.24, 2.45) is 5.73 Å². The second-order valence-electron chi connectivity index (χ2n) is 3.08. The van der Waals surface area contributed by atoms with E-state index in [1.165, 1.54) is 0 Å². The molecule has 1 aromatic rings. The van der Waals surface area contributed by atoms with Gasteiger partial charge in [-0.05, 0) is 25.1 Å². The van der Waals surface area contributed by atoms with Gasteiger partial charge in [0.25, 0.3) is 5.91 Å². The summed E-state index contributed by atoms with van der Waals surface area (Å²) in [7, 11) is 1.76. The molecule has 0 saturated heterocycles. The normalized spacial score (nSPS) is 9.86. The Hall–Kier alpha value is -1.42. The molecule has 0 spiro atoms. The fourth-order valence-electron chi connectivity index (χ4n) is 1.11. The van der Waals surface area contributed by atoms with E-state index in [0.29, 0.717) is 18.8 Å². The summed E-state index contributed by atoms with van der Waals surface area (Å²) in [6.07, 6.45) is 2.43. The molecule has 1 aromatic heterocycles. The minimum atomic E-state index is -0.0564. The Labute approximate surface area is 83.7 Å². The molecule has 0 aliphatic rings. The number of aromatic nitrogens is 1. The highest BCUT2D eigenvalue weighted by Gasteiger charge is 2.10. The third-order valence-electron chi connectivity index (χ3n) is 1.93. The molecule has 4 nitrogen and oxygen atoms in total. The summed E-state index contributed by atoms with van der Waals surface area (Å²) in [5.74, 6) is -0.0564. The number of nitrogens with zero attached hydrogens (tertiary/aromatic N) is 2. The first-order valence-electron chi connectivity index (χ1n) is 4.62. The Bertz CT molecular complexity index is 287. The second kappa shape index (κ2) is 5.34. The molecule has 1 amide bonds. The van der Waals surface area contributed by atoms with Crippen LogP contribution in [0.25, 0.3) is 0 Å². The summed E-state index contributed by atoms with van der Waals surface area (Å²) >= 11 is 0. The number of carbonyl (C=O) groups excluding carboxylic acids is 1. The van der Waals surface area contributed by atoms with E-state index in [9.17, 15) is 4.79 Å². The zero-order chi connectivity index (χ0) is 10.4. The van der Waals surface area contributed by atoms with Gasteiger partial charge in [-0.2, -0.15) is 0 Å². The van der Waals surface area contributed by atoms with Crippen LogP contribution in [-0.2, 0) is 0 Å². The van der Waals surface area contributed by atoms with Crippen molar-refractivity contribution in [3.05, 3.63) is 30.1 Å². The fraction of sp³-hybridized carbons (Fsp3) is 0.400. The van der Waals surface area contributed by atoms with Crippen LogP contribution in [0, 0.1) is 0 Å². The fourth-order valence-corrected chi connectivity index (χ4v) is 1.11. The highest BCUT2D eigenvalue weighted by atomic mass is 16.2. The van der Waals surface area contributed by atoms with Gasteiger partial charge in [0.2, 0.25) is 0 Å². The molecule has 76 valence electrons. The van der Waals surface area contributed by atoms with Crippen LogP contribution in [-0.4, -0.2) is 35.9 Å². The number of amides is 1. The standard InChI is InChI=1S/C10H15N3O/c1-13(8-4-6-11)10(14)9-5-2-3-7-12-9/h2-3,5,7H,4,6,8,11H2,1H3. The van der Waals surface area contributed by atoms with Gasteiger partial charge in [-0.25, -0.2) is 0 Å². The van der Waals surface area contributed by atoms with E-state index in [-0.39, 0.29) is 5.91 Å². The van der Waals surface area contributed by atoms with Gasteiger partial charge in [0.05, 0.1) is 0 Å². The van der Waals surface area contributed by atoms with Crippen molar-refractivity contribution in [1.82, 2.24) is 9.88 Å². The Balaban J connectivity index is 2.57. The van der Waals surface area contributed by atoms with Gasteiger partial charge in [-0.15, -0.1) is 0 Å². The van der Waals surface area contributed by atoms with E-state index < -0.39 is 0 Å². The van der Waals surface area contributed by atoms with Crippen LogP contribution in [0.2, 0.25) is 0 Å². The maximum absolute atomic E-state index is 11.7. The molecule has 1 heterocycles. The van der Waals surface area contributed by atoms with Crippen molar-refractivity contribution in [3.63, 3.8) is 0 Å². The van der Waals surface area contributed by atoms with Gasteiger partial charge in [0.15, 0.2) is 0 Å². The van der Waals surface area contributed by atoms with Gasteiger partial charge in [-0.3, -0.25) is 9.78 Å². The van der Waals surface area contributed by atoms with Crippen LogP contribution in [0.4, 0.5) is 0 Å². The third-order valence-corrected chi connectivity index (χ3v) is 1.93. The van der Waals surface area contributed by atoms with Crippen molar-refractivity contribution in [1.29, 1.82) is 0 Å². The average Bonchev–Trinajstić information content (AvgIpc) is 2.26. The van der Waals surface area contributed by atoms with Crippen LogP contribution < -0.4 is 5.73 Å². The molecular formula is C10H15N3O. The molecule has 4 heteroatoms. The lowest BCUT2D eigenvalue weighted by atomic mass is 10.3. The zero-order valence-electron chi connectivity index (χ0n) is 8.31. The summed E-state index contributed by atoms with van der Waals surface area (Å²) in [6, 6.07) is 5.30. The summed E-state index contributed by atoms with van der Waals surface area (Å²) in [6.45, 7) is 1.27.